The molecule has 0 bridgehead atoms. The zero-order valence-corrected chi connectivity index (χ0v) is 9.57. The molecule has 2 aromatic heterocycles. The molecular formula is C11H7ClFN3O. The summed E-state index contributed by atoms with van der Waals surface area (Å²) in [6, 6.07) is 1.43. The van der Waals surface area contributed by atoms with Gasteiger partial charge in [-0.1, -0.05) is 11.6 Å². The Morgan fingerprint density at radius 3 is 2.82 bits per heavy atom. The number of pyridine rings is 1. The van der Waals surface area contributed by atoms with Crippen LogP contribution < -0.4 is 0 Å². The summed E-state index contributed by atoms with van der Waals surface area (Å²) in [5, 5.41) is 0.0127. The molecule has 86 valence electrons. The van der Waals surface area contributed by atoms with Crippen LogP contribution in [0.3, 0.4) is 0 Å². The predicted molar refractivity (Wildman–Crippen MR) is 60.4 cm³/mol. The lowest BCUT2D eigenvalue weighted by atomic mass is 10.1. The molecule has 6 heteroatoms. The fourth-order valence-corrected chi connectivity index (χ4v) is 1.68. The highest BCUT2D eigenvalue weighted by Crippen LogP contribution is 2.26. The van der Waals surface area contributed by atoms with Crippen molar-refractivity contribution in [1.82, 2.24) is 15.0 Å². The summed E-state index contributed by atoms with van der Waals surface area (Å²) in [6.07, 6.45) is 2.98. The van der Waals surface area contributed by atoms with Gasteiger partial charge in [0.25, 0.3) is 0 Å². The standard InChI is InChI=1S/C11H7ClFN3O/c1-6-15-10(8(5-17)11(12)16-6)7-2-3-14-4-9(7)13/h2-5H,1H3. The number of carbonyl (C=O) groups is 1. The van der Waals surface area contributed by atoms with Crippen LogP contribution in [0.5, 0.6) is 0 Å². The zero-order valence-electron chi connectivity index (χ0n) is 8.82. The van der Waals surface area contributed by atoms with Gasteiger partial charge in [0.2, 0.25) is 0 Å². The van der Waals surface area contributed by atoms with Gasteiger partial charge in [-0.3, -0.25) is 9.78 Å². The number of hydrogen-bond donors (Lipinski definition) is 0. The highest BCUT2D eigenvalue weighted by atomic mass is 35.5. The monoisotopic (exact) mass is 251 g/mol. The van der Waals surface area contributed by atoms with Crippen molar-refractivity contribution in [3.63, 3.8) is 0 Å². The number of halogens is 2. The molecule has 0 aliphatic rings. The second kappa shape index (κ2) is 4.55. The molecule has 0 unspecified atom stereocenters. The van der Waals surface area contributed by atoms with E-state index in [1.807, 2.05) is 0 Å². The smallest absolute Gasteiger partial charge is 0.155 e. The largest absolute Gasteiger partial charge is 0.298 e. The number of rotatable bonds is 2. The van der Waals surface area contributed by atoms with Gasteiger partial charge in [0, 0.05) is 11.8 Å². The van der Waals surface area contributed by atoms with Gasteiger partial charge in [0.05, 0.1) is 17.5 Å². The summed E-state index contributed by atoms with van der Waals surface area (Å²) in [6.45, 7) is 1.61. The van der Waals surface area contributed by atoms with Crippen LogP contribution in [-0.4, -0.2) is 21.2 Å². The van der Waals surface area contributed by atoms with Gasteiger partial charge in [-0.05, 0) is 13.0 Å². The van der Waals surface area contributed by atoms with Crippen LogP contribution in [0.15, 0.2) is 18.5 Å². The Morgan fingerprint density at radius 1 is 1.41 bits per heavy atom. The van der Waals surface area contributed by atoms with Gasteiger partial charge in [-0.15, -0.1) is 0 Å². The van der Waals surface area contributed by atoms with Gasteiger partial charge in [0.1, 0.15) is 11.0 Å². The van der Waals surface area contributed by atoms with E-state index in [0.717, 1.165) is 6.20 Å². The molecule has 0 spiro atoms. The first kappa shape index (κ1) is 11.6. The zero-order chi connectivity index (χ0) is 12.4. The van der Waals surface area contributed by atoms with E-state index in [2.05, 4.69) is 15.0 Å². The molecule has 2 heterocycles. The summed E-state index contributed by atoms with van der Waals surface area (Å²) in [7, 11) is 0. The summed E-state index contributed by atoms with van der Waals surface area (Å²) in [4.78, 5) is 22.5. The molecular weight excluding hydrogens is 245 g/mol. The summed E-state index contributed by atoms with van der Waals surface area (Å²) in [5.74, 6) is -0.198. The number of nitrogens with zero attached hydrogens (tertiary/aromatic N) is 3. The Balaban J connectivity index is 2.75. The molecule has 0 radical (unpaired) electrons. The molecule has 0 aromatic carbocycles. The number of aromatic nitrogens is 3. The van der Waals surface area contributed by atoms with Crippen LogP contribution >= 0.6 is 11.6 Å². The summed E-state index contributed by atoms with van der Waals surface area (Å²) < 4.78 is 13.6. The normalized spacial score (nSPS) is 10.3. The fourth-order valence-electron chi connectivity index (χ4n) is 1.42. The van der Waals surface area contributed by atoms with Crippen molar-refractivity contribution >= 4 is 17.9 Å². The van der Waals surface area contributed by atoms with Crippen LogP contribution in [0.25, 0.3) is 11.3 Å². The number of aldehydes is 1. The van der Waals surface area contributed by atoms with E-state index in [-0.39, 0.29) is 22.0 Å². The van der Waals surface area contributed by atoms with E-state index in [0.29, 0.717) is 12.1 Å². The average molecular weight is 252 g/mol. The lowest BCUT2D eigenvalue weighted by Crippen LogP contribution is -2.01. The van der Waals surface area contributed by atoms with Crippen molar-refractivity contribution in [2.45, 2.75) is 6.92 Å². The third-order valence-corrected chi connectivity index (χ3v) is 2.44. The van der Waals surface area contributed by atoms with Crippen molar-refractivity contribution in [1.29, 1.82) is 0 Å². The number of carbonyl (C=O) groups excluding carboxylic acids is 1. The maximum atomic E-state index is 13.6. The van der Waals surface area contributed by atoms with E-state index in [9.17, 15) is 9.18 Å². The van der Waals surface area contributed by atoms with Crippen LogP contribution in [0.1, 0.15) is 16.2 Å². The molecule has 0 fully saturated rings. The van der Waals surface area contributed by atoms with Gasteiger partial charge in [-0.2, -0.15) is 0 Å². The Hall–Kier alpha value is -1.88. The minimum atomic E-state index is -0.565. The van der Waals surface area contributed by atoms with E-state index >= 15 is 0 Å². The molecule has 4 nitrogen and oxygen atoms in total. The van der Waals surface area contributed by atoms with E-state index in [4.69, 9.17) is 11.6 Å². The van der Waals surface area contributed by atoms with E-state index in [1.165, 1.54) is 12.3 Å². The highest BCUT2D eigenvalue weighted by Gasteiger charge is 2.15. The van der Waals surface area contributed by atoms with Gasteiger partial charge < -0.3 is 0 Å². The number of aryl methyl sites for hydroxylation is 1. The fraction of sp³-hybridized carbons (Fsp3) is 0.0909. The Morgan fingerprint density at radius 2 is 2.18 bits per heavy atom. The first-order valence-electron chi connectivity index (χ1n) is 4.72. The van der Waals surface area contributed by atoms with Crippen LogP contribution in [0, 0.1) is 12.7 Å². The summed E-state index contributed by atoms with van der Waals surface area (Å²) in [5.41, 5.74) is 0.425. The highest BCUT2D eigenvalue weighted by molar-refractivity contribution is 6.32. The molecule has 0 amide bonds. The molecule has 2 aromatic rings. The maximum absolute atomic E-state index is 13.6. The molecule has 17 heavy (non-hydrogen) atoms. The van der Waals surface area contributed by atoms with Crippen molar-refractivity contribution in [3.05, 3.63) is 40.8 Å². The molecule has 0 atom stereocenters. The van der Waals surface area contributed by atoms with Crippen LogP contribution in [-0.2, 0) is 0 Å². The van der Waals surface area contributed by atoms with E-state index in [1.54, 1.807) is 6.92 Å². The third kappa shape index (κ3) is 2.14. The Bertz CT molecular complexity index is 589. The third-order valence-electron chi connectivity index (χ3n) is 2.16. The topological polar surface area (TPSA) is 55.7 Å². The Labute approximate surface area is 102 Å². The van der Waals surface area contributed by atoms with E-state index < -0.39 is 5.82 Å². The summed E-state index contributed by atoms with van der Waals surface area (Å²) >= 11 is 5.82. The lowest BCUT2D eigenvalue weighted by molar-refractivity contribution is 0.112. The SMILES string of the molecule is Cc1nc(Cl)c(C=O)c(-c2ccncc2F)n1. The predicted octanol–water partition coefficient (Wildman–Crippen LogP) is 2.45. The second-order valence-corrected chi connectivity index (χ2v) is 3.66. The van der Waals surface area contributed by atoms with Crippen molar-refractivity contribution < 1.29 is 9.18 Å². The molecule has 0 aliphatic carbocycles. The average Bonchev–Trinajstić information content (AvgIpc) is 2.28. The Kier molecular flexibility index (Phi) is 3.10. The first-order chi connectivity index (χ1) is 8.13. The molecule has 2 rings (SSSR count). The lowest BCUT2D eigenvalue weighted by Gasteiger charge is -2.07. The van der Waals surface area contributed by atoms with Gasteiger partial charge in [0.15, 0.2) is 12.1 Å². The first-order valence-corrected chi connectivity index (χ1v) is 5.10. The quantitative estimate of drug-likeness (QED) is 0.608. The molecule has 0 N–H and O–H groups in total. The number of hydrogen-bond acceptors (Lipinski definition) is 4. The van der Waals surface area contributed by atoms with Crippen LogP contribution in [0.4, 0.5) is 4.39 Å². The maximum Gasteiger partial charge on any atom is 0.155 e. The minimum absolute atomic E-state index is 0.0127. The van der Waals surface area contributed by atoms with Crippen molar-refractivity contribution in [2.75, 3.05) is 0 Å². The molecule has 0 saturated carbocycles. The minimum Gasteiger partial charge on any atom is -0.298 e. The molecule has 0 aliphatic heterocycles. The van der Waals surface area contributed by atoms with Crippen molar-refractivity contribution in [3.8, 4) is 11.3 Å². The second-order valence-electron chi connectivity index (χ2n) is 3.30. The van der Waals surface area contributed by atoms with Crippen LogP contribution in [0.2, 0.25) is 5.15 Å². The van der Waals surface area contributed by atoms with Crippen molar-refractivity contribution in [2.24, 2.45) is 0 Å². The van der Waals surface area contributed by atoms with Gasteiger partial charge >= 0.3 is 0 Å². The van der Waals surface area contributed by atoms with Gasteiger partial charge in [-0.25, -0.2) is 14.4 Å². The molecule has 0 saturated heterocycles.